The highest BCUT2D eigenvalue weighted by Gasteiger charge is 2.31. The molecule has 1 aliphatic heterocycles. The third-order valence-corrected chi connectivity index (χ3v) is 6.70. The van der Waals surface area contributed by atoms with E-state index in [-0.39, 0.29) is 18.2 Å². The van der Waals surface area contributed by atoms with Gasteiger partial charge in [0.1, 0.15) is 4.32 Å². The quantitative estimate of drug-likeness (QED) is 0.321. The van der Waals surface area contributed by atoms with E-state index in [0.29, 0.717) is 37.3 Å². The molecule has 2 N–H and O–H groups in total. The smallest absolute Gasteiger partial charge is 0.270 e. The number of amides is 3. The molecular weight excluding hydrogens is 522 g/mol. The van der Waals surface area contributed by atoms with Gasteiger partial charge < -0.3 is 0 Å². The standard InChI is InChI=1S/C21H17BrClN3O3S2/c22-15-8-3-2-7-14(15)19(28)25-24-18(27)10-5-11-26-20(29)17(31-21(26)30)12-13-6-1-4-9-16(13)23/h1-4,6-9,12H,5,10-11H2,(H,24,27)(H,25,28)/b17-12-. The third kappa shape index (κ3) is 6.16. The van der Waals surface area contributed by atoms with Gasteiger partial charge in [-0.05, 0) is 52.2 Å². The Labute approximate surface area is 202 Å². The monoisotopic (exact) mass is 537 g/mol. The summed E-state index contributed by atoms with van der Waals surface area (Å²) in [5.41, 5.74) is 5.90. The molecule has 160 valence electrons. The highest BCUT2D eigenvalue weighted by Crippen LogP contribution is 2.33. The van der Waals surface area contributed by atoms with Crippen molar-refractivity contribution in [1.29, 1.82) is 0 Å². The van der Waals surface area contributed by atoms with E-state index in [4.69, 9.17) is 23.8 Å². The topological polar surface area (TPSA) is 78.5 Å². The molecule has 3 rings (SSSR count). The number of carbonyl (C=O) groups is 3. The summed E-state index contributed by atoms with van der Waals surface area (Å²) in [7, 11) is 0. The number of nitrogens with zero attached hydrogens (tertiary/aromatic N) is 1. The fourth-order valence-electron chi connectivity index (χ4n) is 2.73. The summed E-state index contributed by atoms with van der Waals surface area (Å²) >= 11 is 16.0. The summed E-state index contributed by atoms with van der Waals surface area (Å²) in [6.07, 6.45) is 2.23. The fraction of sp³-hybridized carbons (Fsp3) is 0.143. The lowest BCUT2D eigenvalue weighted by atomic mass is 10.2. The lowest BCUT2D eigenvalue weighted by Gasteiger charge is -2.14. The van der Waals surface area contributed by atoms with Gasteiger partial charge in [-0.15, -0.1) is 0 Å². The average molecular weight is 539 g/mol. The molecule has 0 saturated carbocycles. The van der Waals surface area contributed by atoms with Crippen LogP contribution in [0, 0.1) is 0 Å². The Bertz CT molecular complexity index is 1080. The Morgan fingerprint density at radius 3 is 2.58 bits per heavy atom. The van der Waals surface area contributed by atoms with E-state index in [2.05, 4.69) is 26.8 Å². The number of nitrogens with one attached hydrogen (secondary N) is 2. The number of thiocarbonyl (C=S) groups is 1. The van der Waals surface area contributed by atoms with Gasteiger partial charge in [0.05, 0.1) is 10.5 Å². The Morgan fingerprint density at radius 1 is 1.13 bits per heavy atom. The molecule has 0 aliphatic carbocycles. The van der Waals surface area contributed by atoms with Crippen LogP contribution < -0.4 is 10.9 Å². The zero-order chi connectivity index (χ0) is 22.4. The highest BCUT2D eigenvalue weighted by atomic mass is 79.9. The largest absolute Gasteiger partial charge is 0.293 e. The summed E-state index contributed by atoms with van der Waals surface area (Å²) in [5, 5.41) is 0.550. The lowest BCUT2D eigenvalue weighted by molar-refractivity contribution is -0.124. The van der Waals surface area contributed by atoms with Crippen molar-refractivity contribution in [3.8, 4) is 0 Å². The van der Waals surface area contributed by atoms with Crippen molar-refractivity contribution in [3.63, 3.8) is 0 Å². The molecule has 0 aromatic heterocycles. The molecule has 2 aromatic carbocycles. The maximum absolute atomic E-state index is 12.7. The van der Waals surface area contributed by atoms with Gasteiger partial charge in [-0.2, -0.15) is 0 Å². The Morgan fingerprint density at radius 2 is 1.84 bits per heavy atom. The number of benzene rings is 2. The molecule has 1 saturated heterocycles. The third-order valence-electron chi connectivity index (χ3n) is 4.28. The Balaban J connectivity index is 1.48. The van der Waals surface area contributed by atoms with E-state index in [1.54, 1.807) is 36.4 Å². The first-order valence-corrected chi connectivity index (χ1v) is 11.6. The summed E-state index contributed by atoms with van der Waals surface area (Å²) in [6, 6.07) is 14.1. The molecule has 0 spiro atoms. The first-order valence-electron chi connectivity index (χ1n) is 9.20. The van der Waals surface area contributed by atoms with Crippen molar-refractivity contribution in [1.82, 2.24) is 15.8 Å². The van der Waals surface area contributed by atoms with Gasteiger partial charge in [0.2, 0.25) is 5.91 Å². The van der Waals surface area contributed by atoms with Gasteiger partial charge in [-0.3, -0.25) is 30.1 Å². The van der Waals surface area contributed by atoms with Gasteiger partial charge in [-0.1, -0.05) is 65.9 Å². The zero-order valence-corrected chi connectivity index (χ0v) is 20.0. The van der Waals surface area contributed by atoms with E-state index in [9.17, 15) is 14.4 Å². The number of hydrogen-bond donors (Lipinski definition) is 2. The van der Waals surface area contributed by atoms with Gasteiger partial charge in [0.15, 0.2) is 0 Å². The molecule has 2 aromatic rings. The minimum Gasteiger partial charge on any atom is -0.293 e. The first-order chi connectivity index (χ1) is 14.9. The Hall–Kier alpha value is -2.20. The molecule has 6 nitrogen and oxygen atoms in total. The predicted octanol–water partition coefficient (Wildman–Crippen LogP) is 4.55. The van der Waals surface area contributed by atoms with E-state index >= 15 is 0 Å². The fourth-order valence-corrected chi connectivity index (χ4v) is 4.68. The van der Waals surface area contributed by atoms with E-state index in [1.807, 2.05) is 18.2 Å². The van der Waals surface area contributed by atoms with Crippen LogP contribution in [-0.2, 0) is 9.59 Å². The first kappa shape index (κ1) is 23.5. The van der Waals surface area contributed by atoms with Crippen molar-refractivity contribution in [3.05, 3.63) is 74.1 Å². The van der Waals surface area contributed by atoms with Crippen LogP contribution in [0.3, 0.4) is 0 Å². The molecule has 0 atom stereocenters. The van der Waals surface area contributed by atoms with Crippen LogP contribution in [0.25, 0.3) is 6.08 Å². The number of carbonyl (C=O) groups excluding carboxylic acids is 3. The average Bonchev–Trinajstić information content (AvgIpc) is 3.01. The molecule has 1 fully saturated rings. The van der Waals surface area contributed by atoms with Crippen LogP contribution in [0.15, 0.2) is 57.9 Å². The van der Waals surface area contributed by atoms with Crippen molar-refractivity contribution < 1.29 is 14.4 Å². The normalized spacial score (nSPS) is 14.8. The second kappa shape index (κ2) is 10.9. The van der Waals surface area contributed by atoms with Crippen molar-refractivity contribution in [2.75, 3.05) is 6.54 Å². The number of rotatable bonds is 6. The predicted molar refractivity (Wildman–Crippen MR) is 130 cm³/mol. The van der Waals surface area contributed by atoms with Crippen LogP contribution in [-0.4, -0.2) is 33.5 Å². The highest BCUT2D eigenvalue weighted by molar-refractivity contribution is 9.10. The molecule has 3 amide bonds. The second-order valence-electron chi connectivity index (χ2n) is 6.44. The molecule has 0 unspecified atom stereocenters. The number of hydrogen-bond acceptors (Lipinski definition) is 5. The second-order valence-corrected chi connectivity index (χ2v) is 9.38. The van der Waals surface area contributed by atoms with E-state index < -0.39 is 5.91 Å². The molecule has 10 heteroatoms. The van der Waals surface area contributed by atoms with Crippen LogP contribution >= 0.6 is 51.5 Å². The molecule has 31 heavy (non-hydrogen) atoms. The summed E-state index contributed by atoms with van der Waals surface area (Å²) in [4.78, 5) is 38.8. The summed E-state index contributed by atoms with van der Waals surface area (Å²) < 4.78 is 1.06. The van der Waals surface area contributed by atoms with Gasteiger partial charge in [0.25, 0.3) is 11.8 Å². The summed E-state index contributed by atoms with van der Waals surface area (Å²) in [6.45, 7) is 0.302. The number of thioether (sulfide) groups is 1. The van der Waals surface area contributed by atoms with Crippen LogP contribution in [0.1, 0.15) is 28.8 Å². The van der Waals surface area contributed by atoms with E-state index in [1.165, 1.54) is 16.7 Å². The van der Waals surface area contributed by atoms with Gasteiger partial charge in [0, 0.05) is 22.5 Å². The number of hydrazine groups is 1. The van der Waals surface area contributed by atoms with Crippen molar-refractivity contribution >= 4 is 79.6 Å². The molecule has 0 radical (unpaired) electrons. The maximum atomic E-state index is 12.7. The molecular formula is C21H17BrClN3O3S2. The minimum absolute atomic E-state index is 0.122. The van der Waals surface area contributed by atoms with Gasteiger partial charge >= 0.3 is 0 Å². The SMILES string of the molecule is O=C(CCCN1C(=O)/C(=C/c2ccccc2Cl)SC1=S)NNC(=O)c1ccccc1Br. The molecule has 0 bridgehead atoms. The van der Waals surface area contributed by atoms with Crippen molar-refractivity contribution in [2.24, 2.45) is 0 Å². The molecule has 1 heterocycles. The van der Waals surface area contributed by atoms with Crippen LogP contribution in [0.4, 0.5) is 0 Å². The van der Waals surface area contributed by atoms with Crippen LogP contribution in [0.5, 0.6) is 0 Å². The zero-order valence-electron chi connectivity index (χ0n) is 16.1. The van der Waals surface area contributed by atoms with E-state index in [0.717, 1.165) is 5.56 Å². The van der Waals surface area contributed by atoms with Crippen LogP contribution in [0.2, 0.25) is 5.02 Å². The molecule has 1 aliphatic rings. The number of halogens is 2. The Kier molecular flexibility index (Phi) is 8.25. The lowest BCUT2D eigenvalue weighted by Crippen LogP contribution is -2.42. The maximum Gasteiger partial charge on any atom is 0.270 e. The summed E-state index contributed by atoms with van der Waals surface area (Å²) in [5.74, 6) is -1.00. The minimum atomic E-state index is -0.428. The van der Waals surface area contributed by atoms with Gasteiger partial charge in [-0.25, -0.2) is 0 Å². The van der Waals surface area contributed by atoms with Crippen molar-refractivity contribution in [2.45, 2.75) is 12.8 Å².